The van der Waals surface area contributed by atoms with E-state index in [1.807, 2.05) is 0 Å². The monoisotopic (exact) mass is 404 g/mol. The molecule has 5 nitrogen and oxygen atoms in total. The summed E-state index contributed by atoms with van der Waals surface area (Å²) in [6, 6.07) is 13.2. The standard InChI is InChI=1S/C21H19F3N2O3/c22-21(23,24)17-8-4-5-15(13-17)14-29-25-18-9-11-26(12-10-18)20(28)19(27)16-6-2-1-3-7-16/h1-8,13H,9-12,14H2. The highest BCUT2D eigenvalue weighted by atomic mass is 19.4. The Morgan fingerprint density at radius 2 is 1.69 bits per heavy atom. The zero-order valence-corrected chi connectivity index (χ0v) is 15.5. The molecule has 0 radical (unpaired) electrons. The Hall–Kier alpha value is -3.16. The molecule has 0 N–H and O–H groups in total. The molecule has 0 aromatic heterocycles. The summed E-state index contributed by atoms with van der Waals surface area (Å²) in [5, 5.41) is 3.98. The van der Waals surface area contributed by atoms with E-state index in [1.54, 1.807) is 30.3 Å². The zero-order chi connectivity index (χ0) is 20.9. The van der Waals surface area contributed by atoms with Crippen LogP contribution in [-0.4, -0.2) is 35.4 Å². The molecule has 0 saturated carbocycles. The second-order valence-corrected chi connectivity index (χ2v) is 6.62. The van der Waals surface area contributed by atoms with E-state index in [1.165, 1.54) is 17.0 Å². The molecule has 3 rings (SSSR count). The van der Waals surface area contributed by atoms with Gasteiger partial charge in [-0.15, -0.1) is 0 Å². The smallest absolute Gasteiger partial charge is 0.391 e. The first-order valence-corrected chi connectivity index (χ1v) is 9.07. The van der Waals surface area contributed by atoms with Crippen LogP contribution >= 0.6 is 0 Å². The van der Waals surface area contributed by atoms with E-state index in [0.717, 1.165) is 12.1 Å². The number of amides is 1. The van der Waals surface area contributed by atoms with Crippen molar-refractivity contribution in [3.63, 3.8) is 0 Å². The van der Waals surface area contributed by atoms with Gasteiger partial charge in [-0.05, 0) is 17.7 Å². The molecule has 1 saturated heterocycles. The molecule has 1 heterocycles. The summed E-state index contributed by atoms with van der Waals surface area (Å²) in [6.07, 6.45) is -3.52. The molecule has 8 heteroatoms. The molecule has 1 aliphatic heterocycles. The van der Waals surface area contributed by atoms with Crippen molar-refractivity contribution in [2.24, 2.45) is 5.16 Å². The van der Waals surface area contributed by atoms with Gasteiger partial charge in [-0.3, -0.25) is 9.59 Å². The van der Waals surface area contributed by atoms with Crippen LogP contribution < -0.4 is 0 Å². The van der Waals surface area contributed by atoms with Crippen LogP contribution in [0.1, 0.15) is 34.3 Å². The van der Waals surface area contributed by atoms with Crippen LogP contribution in [0.15, 0.2) is 59.8 Å². The topological polar surface area (TPSA) is 59.0 Å². The number of carbonyl (C=O) groups is 2. The number of benzene rings is 2. The lowest BCUT2D eigenvalue weighted by atomic mass is 10.1. The first kappa shape index (κ1) is 20.6. The van der Waals surface area contributed by atoms with Crippen LogP contribution in [0, 0.1) is 0 Å². The molecule has 1 fully saturated rings. The quantitative estimate of drug-likeness (QED) is 0.429. The maximum absolute atomic E-state index is 12.7. The van der Waals surface area contributed by atoms with Crippen molar-refractivity contribution in [3.8, 4) is 0 Å². The number of rotatable bonds is 5. The van der Waals surface area contributed by atoms with E-state index in [-0.39, 0.29) is 6.61 Å². The second kappa shape index (κ2) is 8.89. The van der Waals surface area contributed by atoms with E-state index in [2.05, 4.69) is 5.16 Å². The maximum Gasteiger partial charge on any atom is 0.416 e. The second-order valence-electron chi connectivity index (χ2n) is 6.62. The zero-order valence-electron chi connectivity index (χ0n) is 15.5. The number of ketones is 1. The Morgan fingerprint density at radius 1 is 1.00 bits per heavy atom. The summed E-state index contributed by atoms with van der Waals surface area (Å²) in [6.45, 7) is 0.592. The van der Waals surface area contributed by atoms with E-state index in [4.69, 9.17) is 4.84 Å². The largest absolute Gasteiger partial charge is 0.416 e. The number of halogens is 3. The van der Waals surface area contributed by atoms with Crippen molar-refractivity contribution in [1.82, 2.24) is 4.90 Å². The molecule has 0 bridgehead atoms. The summed E-state index contributed by atoms with van der Waals surface area (Å²) in [5.41, 5.74) is 0.681. The Balaban J connectivity index is 1.50. The Morgan fingerprint density at radius 3 is 2.34 bits per heavy atom. The third-order valence-electron chi connectivity index (χ3n) is 4.54. The van der Waals surface area contributed by atoms with Gasteiger partial charge in [-0.2, -0.15) is 13.2 Å². The van der Waals surface area contributed by atoms with Crippen molar-refractivity contribution < 1.29 is 27.6 Å². The van der Waals surface area contributed by atoms with E-state index in [0.29, 0.717) is 42.8 Å². The molecule has 1 aliphatic rings. The third-order valence-corrected chi connectivity index (χ3v) is 4.54. The van der Waals surface area contributed by atoms with E-state index < -0.39 is 23.4 Å². The summed E-state index contributed by atoms with van der Waals surface area (Å²) in [5.74, 6) is -1.10. The molecule has 0 unspecified atom stereocenters. The van der Waals surface area contributed by atoms with Gasteiger partial charge in [0.05, 0.1) is 11.3 Å². The van der Waals surface area contributed by atoms with Gasteiger partial charge >= 0.3 is 6.18 Å². The number of piperidine rings is 1. The molecule has 0 atom stereocenters. The van der Waals surface area contributed by atoms with Crippen LogP contribution in [0.5, 0.6) is 0 Å². The lowest BCUT2D eigenvalue weighted by Gasteiger charge is -2.26. The van der Waals surface area contributed by atoms with Crippen molar-refractivity contribution in [2.75, 3.05) is 13.1 Å². The number of alkyl halides is 3. The number of likely N-dealkylation sites (tertiary alicyclic amines) is 1. The molecular formula is C21H19F3N2O3. The highest BCUT2D eigenvalue weighted by molar-refractivity contribution is 6.42. The first-order chi connectivity index (χ1) is 13.8. The van der Waals surface area contributed by atoms with Crippen molar-refractivity contribution in [3.05, 3.63) is 71.3 Å². The summed E-state index contributed by atoms with van der Waals surface area (Å²) in [7, 11) is 0. The predicted octanol–water partition coefficient (Wildman–Crippen LogP) is 4.08. The number of hydrogen-bond donors (Lipinski definition) is 0. The average molecular weight is 404 g/mol. The number of hydrogen-bond acceptors (Lipinski definition) is 4. The lowest BCUT2D eigenvalue weighted by molar-refractivity contribution is -0.137. The van der Waals surface area contributed by atoms with Gasteiger partial charge in [-0.25, -0.2) is 0 Å². The molecule has 2 aromatic carbocycles. The van der Waals surface area contributed by atoms with Gasteiger partial charge in [0, 0.05) is 31.5 Å². The molecule has 29 heavy (non-hydrogen) atoms. The highest BCUT2D eigenvalue weighted by Gasteiger charge is 2.30. The summed E-state index contributed by atoms with van der Waals surface area (Å²) >= 11 is 0. The SMILES string of the molecule is O=C(C(=O)N1CCC(=NOCc2cccc(C(F)(F)F)c2)CC1)c1ccccc1. The summed E-state index contributed by atoms with van der Waals surface area (Å²) in [4.78, 5) is 31.2. The molecular weight excluding hydrogens is 385 g/mol. The van der Waals surface area contributed by atoms with Crippen LogP contribution in [0.3, 0.4) is 0 Å². The number of oxime groups is 1. The number of nitrogens with zero attached hydrogens (tertiary/aromatic N) is 2. The first-order valence-electron chi connectivity index (χ1n) is 9.07. The fraction of sp³-hybridized carbons (Fsp3) is 0.286. The van der Waals surface area contributed by atoms with E-state index >= 15 is 0 Å². The molecule has 0 spiro atoms. The molecule has 0 aliphatic carbocycles. The van der Waals surface area contributed by atoms with Gasteiger partial charge in [-0.1, -0.05) is 47.6 Å². The molecule has 152 valence electrons. The Kier molecular flexibility index (Phi) is 6.31. The Bertz CT molecular complexity index is 901. The van der Waals surface area contributed by atoms with Crippen molar-refractivity contribution >= 4 is 17.4 Å². The van der Waals surface area contributed by atoms with Crippen LogP contribution in [-0.2, 0) is 22.4 Å². The van der Waals surface area contributed by atoms with Gasteiger partial charge in [0.15, 0.2) is 0 Å². The fourth-order valence-corrected chi connectivity index (χ4v) is 2.95. The molecule has 2 aromatic rings. The highest BCUT2D eigenvalue weighted by Crippen LogP contribution is 2.29. The number of carbonyl (C=O) groups excluding carboxylic acids is 2. The Labute approximate surface area is 165 Å². The van der Waals surface area contributed by atoms with Gasteiger partial charge in [0.25, 0.3) is 5.91 Å². The molecule has 1 amide bonds. The van der Waals surface area contributed by atoms with Crippen molar-refractivity contribution in [1.29, 1.82) is 0 Å². The van der Waals surface area contributed by atoms with Crippen molar-refractivity contribution in [2.45, 2.75) is 25.6 Å². The third kappa shape index (κ3) is 5.43. The van der Waals surface area contributed by atoms with Crippen LogP contribution in [0.2, 0.25) is 0 Å². The van der Waals surface area contributed by atoms with E-state index in [9.17, 15) is 22.8 Å². The minimum Gasteiger partial charge on any atom is -0.391 e. The summed E-state index contributed by atoms with van der Waals surface area (Å²) < 4.78 is 38.2. The van der Waals surface area contributed by atoms with Gasteiger partial charge in [0.2, 0.25) is 5.78 Å². The minimum atomic E-state index is -4.40. The minimum absolute atomic E-state index is 0.0808. The fourth-order valence-electron chi connectivity index (χ4n) is 2.95. The maximum atomic E-state index is 12.7. The average Bonchev–Trinajstić information content (AvgIpc) is 2.73. The predicted molar refractivity (Wildman–Crippen MR) is 100 cm³/mol. The normalized spacial score (nSPS) is 14.4. The lowest BCUT2D eigenvalue weighted by Crippen LogP contribution is -2.42. The number of Topliss-reactive ketones (excluding diaryl/α,β-unsaturated/α-hetero) is 1. The van der Waals surface area contributed by atoms with Gasteiger partial charge < -0.3 is 9.74 Å². The van der Waals surface area contributed by atoms with Crippen LogP contribution in [0.4, 0.5) is 13.2 Å². The van der Waals surface area contributed by atoms with Gasteiger partial charge in [0.1, 0.15) is 6.61 Å². The van der Waals surface area contributed by atoms with Crippen LogP contribution in [0.25, 0.3) is 0 Å².